The van der Waals surface area contributed by atoms with Crippen LogP contribution in [0.15, 0.2) is 30.3 Å². The molecule has 76 valence electrons. The third kappa shape index (κ3) is 1.56. The van der Waals surface area contributed by atoms with E-state index < -0.39 is 0 Å². The van der Waals surface area contributed by atoms with Crippen LogP contribution in [-0.2, 0) is 7.05 Å². The molecule has 0 unspecified atom stereocenters. The predicted molar refractivity (Wildman–Crippen MR) is 58.8 cm³/mol. The molecule has 0 radical (unpaired) electrons. The summed E-state index contributed by atoms with van der Waals surface area (Å²) in [6, 6.07) is 9.84. The molecule has 0 N–H and O–H groups in total. The summed E-state index contributed by atoms with van der Waals surface area (Å²) in [6.07, 6.45) is 0.793. The van der Waals surface area contributed by atoms with Crippen LogP contribution >= 0.6 is 0 Å². The molecule has 0 aliphatic rings. The molecule has 1 heterocycles. The maximum Gasteiger partial charge on any atom is 0.170 e. The van der Waals surface area contributed by atoms with E-state index in [-0.39, 0.29) is 0 Å². The SMILES string of the molecule is Cc1c(C=O)nc(-c2ccccc2)n1C. The number of rotatable bonds is 2. The quantitative estimate of drug-likeness (QED) is 0.696. The molecule has 0 saturated heterocycles. The van der Waals surface area contributed by atoms with Gasteiger partial charge in [0.05, 0.1) is 0 Å². The van der Waals surface area contributed by atoms with Gasteiger partial charge in [0.15, 0.2) is 6.29 Å². The van der Waals surface area contributed by atoms with E-state index in [1.54, 1.807) is 0 Å². The summed E-state index contributed by atoms with van der Waals surface area (Å²) >= 11 is 0. The maximum atomic E-state index is 10.7. The van der Waals surface area contributed by atoms with E-state index in [0.717, 1.165) is 23.4 Å². The lowest BCUT2D eigenvalue weighted by molar-refractivity contribution is 0.111. The molecule has 0 aliphatic carbocycles. The third-order valence-electron chi connectivity index (χ3n) is 2.56. The van der Waals surface area contributed by atoms with Crippen LogP contribution < -0.4 is 0 Å². The number of nitrogens with zero attached hydrogens (tertiary/aromatic N) is 2. The zero-order chi connectivity index (χ0) is 10.8. The largest absolute Gasteiger partial charge is 0.331 e. The van der Waals surface area contributed by atoms with E-state index in [4.69, 9.17) is 0 Å². The zero-order valence-electron chi connectivity index (χ0n) is 8.77. The average molecular weight is 200 g/mol. The van der Waals surface area contributed by atoms with Gasteiger partial charge >= 0.3 is 0 Å². The number of carbonyl (C=O) groups excluding carboxylic acids is 1. The van der Waals surface area contributed by atoms with Crippen LogP contribution in [0.4, 0.5) is 0 Å². The fourth-order valence-electron chi connectivity index (χ4n) is 1.56. The van der Waals surface area contributed by atoms with Gasteiger partial charge in [0.1, 0.15) is 11.5 Å². The Morgan fingerprint density at radius 1 is 1.27 bits per heavy atom. The Morgan fingerprint density at radius 3 is 2.47 bits per heavy atom. The van der Waals surface area contributed by atoms with Crippen molar-refractivity contribution >= 4 is 6.29 Å². The Balaban J connectivity index is 2.59. The summed E-state index contributed by atoms with van der Waals surface area (Å²) < 4.78 is 1.93. The number of aromatic nitrogens is 2. The van der Waals surface area contributed by atoms with Crippen molar-refractivity contribution in [3.8, 4) is 11.4 Å². The molecule has 0 aliphatic heterocycles. The fourth-order valence-corrected chi connectivity index (χ4v) is 1.56. The summed E-state index contributed by atoms with van der Waals surface area (Å²) in [6.45, 7) is 1.89. The molecule has 0 fully saturated rings. The molecule has 0 bridgehead atoms. The molecule has 1 aromatic heterocycles. The highest BCUT2D eigenvalue weighted by atomic mass is 16.1. The second-order valence-corrected chi connectivity index (χ2v) is 3.45. The number of hydrogen-bond acceptors (Lipinski definition) is 2. The van der Waals surface area contributed by atoms with E-state index in [0.29, 0.717) is 5.69 Å². The van der Waals surface area contributed by atoms with Crippen LogP contribution in [0, 0.1) is 6.92 Å². The number of imidazole rings is 1. The van der Waals surface area contributed by atoms with E-state index in [9.17, 15) is 4.79 Å². The summed E-state index contributed by atoms with van der Waals surface area (Å²) in [7, 11) is 1.91. The molecule has 2 rings (SSSR count). The van der Waals surface area contributed by atoms with Gasteiger partial charge in [-0.2, -0.15) is 0 Å². The molecule has 0 atom stereocenters. The van der Waals surface area contributed by atoms with Gasteiger partial charge in [-0.1, -0.05) is 30.3 Å². The molecule has 1 aromatic carbocycles. The summed E-state index contributed by atoms with van der Waals surface area (Å²) in [5.41, 5.74) is 2.43. The number of aldehydes is 1. The maximum absolute atomic E-state index is 10.7. The Labute approximate surface area is 88.4 Å². The third-order valence-corrected chi connectivity index (χ3v) is 2.56. The van der Waals surface area contributed by atoms with Crippen molar-refractivity contribution in [1.82, 2.24) is 9.55 Å². The first-order chi connectivity index (χ1) is 7.24. The van der Waals surface area contributed by atoms with E-state index in [1.165, 1.54) is 0 Å². The smallest absolute Gasteiger partial charge is 0.170 e. The molecule has 2 aromatic rings. The monoisotopic (exact) mass is 200 g/mol. The van der Waals surface area contributed by atoms with Gasteiger partial charge in [-0.3, -0.25) is 4.79 Å². The summed E-state index contributed by atoms with van der Waals surface area (Å²) in [5, 5.41) is 0. The molecule has 0 spiro atoms. The highest BCUT2D eigenvalue weighted by molar-refractivity contribution is 5.75. The van der Waals surface area contributed by atoms with Crippen molar-refractivity contribution in [2.45, 2.75) is 6.92 Å². The zero-order valence-corrected chi connectivity index (χ0v) is 8.77. The van der Waals surface area contributed by atoms with Crippen LogP contribution in [0.5, 0.6) is 0 Å². The first-order valence-corrected chi connectivity index (χ1v) is 4.78. The standard InChI is InChI=1S/C12H12N2O/c1-9-11(8-15)13-12(14(9)2)10-6-4-3-5-7-10/h3-8H,1-2H3. The number of hydrogen-bond donors (Lipinski definition) is 0. The number of carbonyl (C=O) groups is 1. The lowest BCUT2D eigenvalue weighted by atomic mass is 10.2. The Bertz CT molecular complexity index is 486. The Kier molecular flexibility index (Phi) is 2.37. The van der Waals surface area contributed by atoms with Gasteiger partial charge in [0, 0.05) is 18.3 Å². The lowest BCUT2D eigenvalue weighted by Gasteiger charge is -2.02. The minimum absolute atomic E-state index is 0.511. The molecule has 3 nitrogen and oxygen atoms in total. The van der Waals surface area contributed by atoms with Crippen LogP contribution in [0.3, 0.4) is 0 Å². The topological polar surface area (TPSA) is 34.9 Å². The van der Waals surface area contributed by atoms with Gasteiger partial charge < -0.3 is 4.57 Å². The van der Waals surface area contributed by atoms with Gasteiger partial charge in [-0.15, -0.1) is 0 Å². The van der Waals surface area contributed by atoms with Crippen LogP contribution in [0.2, 0.25) is 0 Å². The minimum Gasteiger partial charge on any atom is -0.331 e. The Hall–Kier alpha value is -1.90. The fraction of sp³-hybridized carbons (Fsp3) is 0.167. The van der Waals surface area contributed by atoms with Crippen molar-refractivity contribution in [3.05, 3.63) is 41.7 Å². The second-order valence-electron chi connectivity index (χ2n) is 3.45. The van der Waals surface area contributed by atoms with Crippen molar-refractivity contribution in [2.75, 3.05) is 0 Å². The molecule has 0 saturated carbocycles. The predicted octanol–water partition coefficient (Wildman–Crippen LogP) is 2.21. The van der Waals surface area contributed by atoms with Gasteiger partial charge in [-0.05, 0) is 6.92 Å². The van der Waals surface area contributed by atoms with Gasteiger partial charge in [0.25, 0.3) is 0 Å². The van der Waals surface area contributed by atoms with E-state index in [2.05, 4.69) is 4.98 Å². The van der Waals surface area contributed by atoms with E-state index >= 15 is 0 Å². The summed E-state index contributed by atoms with van der Waals surface area (Å²) in [5.74, 6) is 0.829. The van der Waals surface area contributed by atoms with Crippen molar-refractivity contribution < 1.29 is 4.79 Å². The first kappa shape index (κ1) is 9.65. The highest BCUT2D eigenvalue weighted by Gasteiger charge is 2.11. The second kappa shape index (κ2) is 3.69. The molecule has 15 heavy (non-hydrogen) atoms. The highest BCUT2D eigenvalue weighted by Crippen LogP contribution is 2.19. The number of benzene rings is 1. The van der Waals surface area contributed by atoms with Gasteiger partial charge in [-0.25, -0.2) is 4.98 Å². The normalized spacial score (nSPS) is 10.3. The van der Waals surface area contributed by atoms with Crippen molar-refractivity contribution in [2.24, 2.45) is 7.05 Å². The molecular formula is C12H12N2O. The van der Waals surface area contributed by atoms with E-state index in [1.807, 2.05) is 48.9 Å². The van der Waals surface area contributed by atoms with Gasteiger partial charge in [0.2, 0.25) is 0 Å². The van der Waals surface area contributed by atoms with Crippen LogP contribution in [0.25, 0.3) is 11.4 Å². The minimum atomic E-state index is 0.511. The van der Waals surface area contributed by atoms with Crippen molar-refractivity contribution in [1.29, 1.82) is 0 Å². The molecule has 3 heteroatoms. The Morgan fingerprint density at radius 2 is 1.93 bits per heavy atom. The van der Waals surface area contributed by atoms with Crippen LogP contribution in [0.1, 0.15) is 16.2 Å². The summed E-state index contributed by atoms with van der Waals surface area (Å²) in [4.78, 5) is 15.0. The van der Waals surface area contributed by atoms with Crippen LogP contribution in [-0.4, -0.2) is 15.8 Å². The van der Waals surface area contributed by atoms with Crippen molar-refractivity contribution in [3.63, 3.8) is 0 Å². The molecular weight excluding hydrogens is 188 g/mol. The average Bonchev–Trinajstić information content (AvgIpc) is 2.57. The lowest BCUT2D eigenvalue weighted by Crippen LogP contribution is -1.94. The first-order valence-electron chi connectivity index (χ1n) is 4.78. The molecule has 0 amide bonds.